The highest BCUT2D eigenvalue weighted by Crippen LogP contribution is 2.21. The summed E-state index contributed by atoms with van der Waals surface area (Å²) in [5.74, 6) is -0.751. The number of hydrogen-bond acceptors (Lipinski definition) is 4. The lowest BCUT2D eigenvalue weighted by Crippen LogP contribution is -2.13. The van der Waals surface area contributed by atoms with Gasteiger partial charge in [0, 0.05) is 10.7 Å². The Morgan fingerprint density at radius 2 is 2.00 bits per heavy atom. The predicted octanol–water partition coefficient (Wildman–Crippen LogP) is 2.14. The maximum atomic E-state index is 11.9. The van der Waals surface area contributed by atoms with Gasteiger partial charge in [-0.25, -0.2) is 13.6 Å². The standard InChI is InChI=1S/C12H11ClN2O4S/c1-7-2-3-8(13)6-9(7)15-12(16)10-4-5-11(19-10)20(14,17)18/h2-6H,1H3,(H,15,16)(H2,14,17,18). The zero-order chi connectivity index (χ0) is 14.9. The Balaban J connectivity index is 2.24. The van der Waals surface area contributed by atoms with Crippen LogP contribution in [0.4, 0.5) is 5.69 Å². The second-order valence-corrected chi connectivity index (χ2v) is 6.01. The molecule has 0 aliphatic heterocycles. The van der Waals surface area contributed by atoms with E-state index in [0.29, 0.717) is 10.7 Å². The van der Waals surface area contributed by atoms with Gasteiger partial charge in [0.2, 0.25) is 5.09 Å². The number of hydrogen-bond donors (Lipinski definition) is 2. The molecule has 106 valence electrons. The number of nitrogens with two attached hydrogens (primary N) is 1. The highest BCUT2D eigenvalue weighted by molar-refractivity contribution is 7.89. The topological polar surface area (TPSA) is 102 Å². The van der Waals surface area contributed by atoms with Gasteiger partial charge in [-0.1, -0.05) is 17.7 Å². The van der Waals surface area contributed by atoms with Gasteiger partial charge in [0.25, 0.3) is 15.9 Å². The number of sulfonamides is 1. The maximum Gasteiger partial charge on any atom is 0.291 e. The van der Waals surface area contributed by atoms with Gasteiger partial charge in [-0.2, -0.15) is 0 Å². The molecule has 1 heterocycles. The van der Waals surface area contributed by atoms with Gasteiger partial charge in [-0.05, 0) is 36.8 Å². The zero-order valence-electron chi connectivity index (χ0n) is 10.4. The maximum absolute atomic E-state index is 11.9. The third-order valence-electron chi connectivity index (χ3n) is 2.53. The lowest BCUT2D eigenvalue weighted by atomic mass is 10.2. The van der Waals surface area contributed by atoms with E-state index >= 15 is 0 Å². The van der Waals surface area contributed by atoms with Gasteiger partial charge in [0.1, 0.15) is 0 Å². The Bertz CT molecular complexity index is 768. The van der Waals surface area contributed by atoms with Crippen LogP contribution in [0.1, 0.15) is 16.1 Å². The lowest BCUT2D eigenvalue weighted by molar-refractivity contribution is 0.0991. The molecule has 0 unspecified atom stereocenters. The summed E-state index contributed by atoms with van der Waals surface area (Å²) in [7, 11) is -3.97. The highest BCUT2D eigenvalue weighted by Gasteiger charge is 2.18. The summed E-state index contributed by atoms with van der Waals surface area (Å²) in [4.78, 5) is 11.9. The highest BCUT2D eigenvalue weighted by atomic mass is 35.5. The van der Waals surface area contributed by atoms with Crippen LogP contribution in [0.5, 0.6) is 0 Å². The molecular formula is C12H11ClN2O4S. The molecule has 0 atom stereocenters. The lowest BCUT2D eigenvalue weighted by Gasteiger charge is -2.07. The van der Waals surface area contributed by atoms with Gasteiger partial charge in [-0.15, -0.1) is 0 Å². The number of carbonyl (C=O) groups excluding carboxylic acids is 1. The smallest absolute Gasteiger partial charge is 0.291 e. The summed E-state index contributed by atoms with van der Waals surface area (Å²) in [6.07, 6.45) is 0. The number of nitrogens with one attached hydrogen (secondary N) is 1. The number of carbonyl (C=O) groups is 1. The average Bonchev–Trinajstić information content (AvgIpc) is 2.83. The number of amides is 1. The second-order valence-electron chi connectivity index (χ2n) is 4.08. The van der Waals surface area contributed by atoms with Gasteiger partial charge >= 0.3 is 0 Å². The molecule has 3 N–H and O–H groups in total. The first kappa shape index (κ1) is 14.6. The monoisotopic (exact) mass is 314 g/mol. The first-order valence-electron chi connectivity index (χ1n) is 5.47. The van der Waals surface area contributed by atoms with Gasteiger partial charge in [0.15, 0.2) is 5.76 Å². The Kier molecular flexibility index (Phi) is 3.85. The van der Waals surface area contributed by atoms with Crippen molar-refractivity contribution in [3.8, 4) is 0 Å². The number of primary sulfonamides is 1. The van der Waals surface area contributed by atoms with Crippen LogP contribution >= 0.6 is 11.6 Å². The van der Waals surface area contributed by atoms with Crippen molar-refractivity contribution in [3.63, 3.8) is 0 Å². The summed E-state index contributed by atoms with van der Waals surface area (Å²) in [5, 5.41) is 7.48. The number of furan rings is 1. The van der Waals surface area contributed by atoms with E-state index in [4.69, 9.17) is 21.2 Å². The van der Waals surface area contributed by atoms with E-state index in [1.54, 1.807) is 25.1 Å². The second kappa shape index (κ2) is 5.28. The van der Waals surface area contributed by atoms with Gasteiger partial charge in [0.05, 0.1) is 0 Å². The van der Waals surface area contributed by atoms with Crippen LogP contribution in [-0.2, 0) is 10.0 Å². The van der Waals surface area contributed by atoms with Crippen LogP contribution < -0.4 is 10.5 Å². The summed E-state index contributed by atoms with van der Waals surface area (Å²) < 4.78 is 27.0. The van der Waals surface area contributed by atoms with Crippen LogP contribution in [0.15, 0.2) is 39.8 Å². The molecule has 0 saturated heterocycles. The van der Waals surface area contributed by atoms with Gasteiger partial charge < -0.3 is 9.73 Å². The first-order valence-corrected chi connectivity index (χ1v) is 7.40. The number of rotatable bonds is 3. The van der Waals surface area contributed by atoms with Crippen LogP contribution in [0.25, 0.3) is 0 Å². The van der Waals surface area contributed by atoms with Gasteiger partial charge in [-0.3, -0.25) is 4.79 Å². The summed E-state index contributed by atoms with van der Waals surface area (Å²) in [5.41, 5.74) is 1.32. The average molecular weight is 315 g/mol. The predicted molar refractivity (Wildman–Crippen MR) is 74.2 cm³/mol. The molecule has 0 radical (unpaired) electrons. The molecule has 20 heavy (non-hydrogen) atoms. The fourth-order valence-corrected chi connectivity index (χ4v) is 2.14. The quantitative estimate of drug-likeness (QED) is 0.905. The molecule has 0 aliphatic carbocycles. The van der Waals surface area contributed by atoms with Crippen molar-refractivity contribution in [1.82, 2.24) is 0 Å². The summed E-state index contributed by atoms with van der Waals surface area (Å²) >= 11 is 5.84. The van der Waals surface area contributed by atoms with Crippen LogP contribution in [0.2, 0.25) is 5.02 Å². The van der Waals surface area contributed by atoms with E-state index < -0.39 is 21.0 Å². The van der Waals surface area contributed by atoms with Crippen molar-refractivity contribution >= 4 is 33.2 Å². The zero-order valence-corrected chi connectivity index (χ0v) is 12.0. The van der Waals surface area contributed by atoms with Crippen molar-refractivity contribution in [3.05, 3.63) is 46.7 Å². The fourth-order valence-electron chi connectivity index (χ4n) is 1.51. The van der Waals surface area contributed by atoms with Crippen LogP contribution in [-0.4, -0.2) is 14.3 Å². The number of anilines is 1. The largest absolute Gasteiger partial charge is 0.438 e. The Labute approximate surface area is 120 Å². The van der Waals surface area contributed by atoms with E-state index in [0.717, 1.165) is 11.6 Å². The number of benzene rings is 1. The molecule has 2 rings (SSSR count). The van der Waals surface area contributed by atoms with Crippen molar-refractivity contribution in [2.24, 2.45) is 5.14 Å². The minimum absolute atomic E-state index is 0.159. The Hall–Kier alpha value is -1.83. The van der Waals surface area contributed by atoms with Crippen LogP contribution in [0, 0.1) is 6.92 Å². The minimum Gasteiger partial charge on any atom is -0.438 e. The Morgan fingerprint density at radius 1 is 1.30 bits per heavy atom. The fraction of sp³-hybridized carbons (Fsp3) is 0.0833. The summed E-state index contributed by atoms with van der Waals surface area (Å²) in [6, 6.07) is 7.37. The van der Waals surface area contributed by atoms with Crippen molar-refractivity contribution < 1.29 is 17.6 Å². The molecule has 0 bridgehead atoms. The van der Waals surface area contributed by atoms with E-state index in [1.807, 2.05) is 0 Å². The summed E-state index contributed by atoms with van der Waals surface area (Å²) in [6.45, 7) is 1.80. The van der Waals surface area contributed by atoms with E-state index in [9.17, 15) is 13.2 Å². The van der Waals surface area contributed by atoms with Crippen molar-refractivity contribution in [2.45, 2.75) is 12.0 Å². The third-order valence-corrected chi connectivity index (χ3v) is 3.55. The molecule has 6 nitrogen and oxygen atoms in total. The molecule has 0 spiro atoms. The van der Waals surface area contributed by atoms with Crippen LogP contribution in [0.3, 0.4) is 0 Å². The molecule has 2 aromatic rings. The molecule has 1 aromatic heterocycles. The van der Waals surface area contributed by atoms with Crippen molar-refractivity contribution in [1.29, 1.82) is 0 Å². The van der Waals surface area contributed by atoms with Crippen molar-refractivity contribution in [2.75, 3.05) is 5.32 Å². The molecular weight excluding hydrogens is 304 g/mol. The minimum atomic E-state index is -3.97. The van der Waals surface area contributed by atoms with E-state index in [2.05, 4.69) is 5.32 Å². The molecule has 0 aliphatic rings. The molecule has 0 fully saturated rings. The number of aryl methyl sites for hydroxylation is 1. The Morgan fingerprint density at radius 3 is 2.60 bits per heavy atom. The first-order chi connectivity index (χ1) is 9.27. The normalized spacial score (nSPS) is 11.3. The SMILES string of the molecule is Cc1ccc(Cl)cc1NC(=O)c1ccc(S(N)(=O)=O)o1. The molecule has 1 amide bonds. The molecule has 1 aromatic carbocycles. The van der Waals surface area contributed by atoms with E-state index in [-0.39, 0.29) is 5.76 Å². The molecule has 8 heteroatoms. The number of halogens is 1. The third kappa shape index (κ3) is 3.19. The van der Waals surface area contributed by atoms with E-state index in [1.165, 1.54) is 6.07 Å². The molecule has 0 saturated carbocycles.